The standard InChI is InChI=1S/C22H20O6/c1-4-11-25-22(24)27-15-9-10-17-19(12-15)26-13-20(21(17)23)28-18-8-6-5-7-16(18)14(2)3/h4-10,12-14H,1,11H2,2-3H3. The van der Waals surface area contributed by atoms with Gasteiger partial charge in [-0.25, -0.2) is 4.79 Å². The second kappa shape index (κ2) is 8.43. The molecule has 28 heavy (non-hydrogen) atoms. The third-order valence-electron chi connectivity index (χ3n) is 4.00. The summed E-state index contributed by atoms with van der Waals surface area (Å²) < 4.78 is 21.1. The van der Waals surface area contributed by atoms with Crippen LogP contribution in [0.3, 0.4) is 0 Å². The molecule has 0 aliphatic rings. The van der Waals surface area contributed by atoms with E-state index in [0.717, 1.165) is 5.56 Å². The smallest absolute Gasteiger partial charge is 0.460 e. The number of carbonyl (C=O) groups excluding carboxylic acids is 1. The van der Waals surface area contributed by atoms with Crippen molar-refractivity contribution in [3.05, 3.63) is 77.2 Å². The van der Waals surface area contributed by atoms with Crippen LogP contribution < -0.4 is 14.9 Å². The van der Waals surface area contributed by atoms with Gasteiger partial charge < -0.3 is 18.6 Å². The second-order valence-electron chi connectivity index (χ2n) is 6.33. The molecular weight excluding hydrogens is 360 g/mol. The molecule has 3 aromatic rings. The summed E-state index contributed by atoms with van der Waals surface area (Å²) in [5.41, 5.74) is 0.938. The average molecular weight is 380 g/mol. The van der Waals surface area contributed by atoms with Crippen LogP contribution in [0, 0.1) is 0 Å². The Morgan fingerprint density at radius 1 is 1.18 bits per heavy atom. The number of hydrogen-bond donors (Lipinski definition) is 0. The Morgan fingerprint density at radius 2 is 1.96 bits per heavy atom. The fourth-order valence-corrected chi connectivity index (χ4v) is 2.65. The summed E-state index contributed by atoms with van der Waals surface area (Å²) in [6.45, 7) is 7.59. The van der Waals surface area contributed by atoms with Crippen molar-refractivity contribution in [1.82, 2.24) is 0 Å². The topological polar surface area (TPSA) is 75.0 Å². The van der Waals surface area contributed by atoms with E-state index in [1.807, 2.05) is 38.1 Å². The number of fused-ring (bicyclic) bond motifs is 1. The van der Waals surface area contributed by atoms with E-state index < -0.39 is 6.16 Å². The number of benzene rings is 2. The average Bonchev–Trinajstić information content (AvgIpc) is 2.69. The van der Waals surface area contributed by atoms with Crippen LogP contribution in [0.4, 0.5) is 4.79 Å². The molecular formula is C22H20O6. The van der Waals surface area contributed by atoms with Gasteiger partial charge in [0.15, 0.2) is 0 Å². The Kier molecular flexibility index (Phi) is 5.79. The molecule has 3 rings (SSSR count). The summed E-state index contributed by atoms with van der Waals surface area (Å²) in [5, 5.41) is 0.311. The van der Waals surface area contributed by atoms with Crippen molar-refractivity contribution >= 4 is 17.1 Å². The van der Waals surface area contributed by atoms with Crippen molar-refractivity contribution in [3.63, 3.8) is 0 Å². The summed E-state index contributed by atoms with van der Waals surface area (Å²) in [6, 6.07) is 12.0. The Balaban J connectivity index is 1.88. The van der Waals surface area contributed by atoms with Crippen LogP contribution in [0.25, 0.3) is 11.0 Å². The van der Waals surface area contributed by atoms with Gasteiger partial charge >= 0.3 is 6.16 Å². The Bertz CT molecular complexity index is 1060. The first-order valence-electron chi connectivity index (χ1n) is 8.77. The molecule has 1 aromatic heterocycles. The summed E-state index contributed by atoms with van der Waals surface area (Å²) in [6.07, 6.45) is 1.81. The zero-order valence-electron chi connectivity index (χ0n) is 15.6. The SMILES string of the molecule is C=CCOC(=O)Oc1ccc2c(=O)c(Oc3ccccc3C(C)C)coc2c1. The Hall–Kier alpha value is -3.54. The highest BCUT2D eigenvalue weighted by Gasteiger charge is 2.14. The van der Waals surface area contributed by atoms with Crippen molar-refractivity contribution in [1.29, 1.82) is 0 Å². The summed E-state index contributed by atoms with van der Waals surface area (Å²) in [4.78, 5) is 24.3. The van der Waals surface area contributed by atoms with Gasteiger partial charge in [-0.1, -0.05) is 44.7 Å². The van der Waals surface area contributed by atoms with Crippen LogP contribution in [0.2, 0.25) is 0 Å². The van der Waals surface area contributed by atoms with E-state index >= 15 is 0 Å². The van der Waals surface area contributed by atoms with E-state index in [1.165, 1.54) is 30.5 Å². The lowest BCUT2D eigenvalue weighted by molar-refractivity contribution is 0.109. The van der Waals surface area contributed by atoms with E-state index in [2.05, 4.69) is 6.58 Å². The quantitative estimate of drug-likeness (QED) is 0.323. The van der Waals surface area contributed by atoms with Crippen LogP contribution in [0.5, 0.6) is 17.2 Å². The molecule has 0 spiro atoms. The highest BCUT2D eigenvalue weighted by Crippen LogP contribution is 2.30. The monoisotopic (exact) mass is 380 g/mol. The number of hydrogen-bond acceptors (Lipinski definition) is 6. The highest BCUT2D eigenvalue weighted by atomic mass is 16.7. The summed E-state index contributed by atoms with van der Waals surface area (Å²) in [7, 11) is 0. The minimum Gasteiger partial charge on any atom is -0.460 e. The van der Waals surface area contributed by atoms with Crippen LogP contribution in [0.1, 0.15) is 25.3 Å². The molecule has 6 heteroatoms. The first-order chi connectivity index (χ1) is 13.5. The maximum atomic E-state index is 12.8. The van der Waals surface area contributed by atoms with Crippen LogP contribution in [-0.2, 0) is 4.74 Å². The molecule has 2 aromatic carbocycles. The predicted octanol–water partition coefficient (Wildman–Crippen LogP) is 5.41. The summed E-state index contributed by atoms with van der Waals surface area (Å²) in [5.74, 6) is 1.13. The van der Waals surface area contributed by atoms with Crippen molar-refractivity contribution in [2.75, 3.05) is 6.61 Å². The van der Waals surface area contributed by atoms with Gasteiger partial charge in [0.2, 0.25) is 11.2 Å². The fourth-order valence-electron chi connectivity index (χ4n) is 2.65. The number of para-hydroxylation sites is 1. The third-order valence-corrected chi connectivity index (χ3v) is 4.00. The van der Waals surface area contributed by atoms with Crippen molar-refractivity contribution in [3.8, 4) is 17.2 Å². The maximum Gasteiger partial charge on any atom is 0.514 e. The summed E-state index contributed by atoms with van der Waals surface area (Å²) >= 11 is 0. The Morgan fingerprint density at radius 3 is 2.71 bits per heavy atom. The van der Waals surface area contributed by atoms with Crippen molar-refractivity contribution < 1.29 is 23.4 Å². The number of rotatable bonds is 6. The normalized spacial score (nSPS) is 10.7. The molecule has 0 saturated heterocycles. The van der Waals surface area contributed by atoms with E-state index in [0.29, 0.717) is 11.1 Å². The minimum absolute atomic E-state index is 0.0417. The van der Waals surface area contributed by atoms with Gasteiger partial charge in [0.25, 0.3) is 0 Å². The molecule has 0 saturated carbocycles. The van der Waals surface area contributed by atoms with Crippen molar-refractivity contribution in [2.45, 2.75) is 19.8 Å². The number of ether oxygens (including phenoxy) is 3. The highest BCUT2D eigenvalue weighted by molar-refractivity contribution is 5.80. The molecule has 0 radical (unpaired) electrons. The van der Waals surface area contributed by atoms with Gasteiger partial charge in [0.1, 0.15) is 30.0 Å². The van der Waals surface area contributed by atoms with E-state index in [9.17, 15) is 9.59 Å². The third kappa shape index (κ3) is 4.23. The number of carbonyl (C=O) groups is 1. The van der Waals surface area contributed by atoms with E-state index in [-0.39, 0.29) is 35.0 Å². The predicted molar refractivity (Wildman–Crippen MR) is 105 cm³/mol. The molecule has 0 atom stereocenters. The molecule has 0 bridgehead atoms. The second-order valence-corrected chi connectivity index (χ2v) is 6.33. The van der Waals surface area contributed by atoms with Crippen LogP contribution >= 0.6 is 0 Å². The lowest BCUT2D eigenvalue weighted by Gasteiger charge is -2.13. The van der Waals surface area contributed by atoms with Crippen LogP contribution in [0.15, 0.2) is 70.6 Å². The van der Waals surface area contributed by atoms with Gasteiger partial charge in [-0.2, -0.15) is 0 Å². The molecule has 1 heterocycles. The molecule has 0 unspecified atom stereocenters. The van der Waals surface area contributed by atoms with Gasteiger partial charge in [-0.15, -0.1) is 0 Å². The van der Waals surface area contributed by atoms with E-state index in [1.54, 1.807) is 0 Å². The van der Waals surface area contributed by atoms with Gasteiger partial charge in [-0.3, -0.25) is 4.79 Å². The minimum atomic E-state index is -0.869. The Labute approximate surface area is 162 Å². The molecule has 144 valence electrons. The van der Waals surface area contributed by atoms with E-state index in [4.69, 9.17) is 18.6 Å². The largest absolute Gasteiger partial charge is 0.514 e. The molecule has 0 fully saturated rings. The maximum absolute atomic E-state index is 12.8. The zero-order valence-corrected chi connectivity index (χ0v) is 15.6. The van der Waals surface area contributed by atoms with Crippen molar-refractivity contribution in [2.24, 2.45) is 0 Å². The molecule has 6 nitrogen and oxygen atoms in total. The van der Waals surface area contributed by atoms with Gasteiger partial charge in [0.05, 0.1) is 5.39 Å². The molecule has 0 aliphatic heterocycles. The first kappa shape index (κ1) is 19.2. The molecule has 0 N–H and O–H groups in total. The van der Waals surface area contributed by atoms with Crippen LogP contribution in [-0.4, -0.2) is 12.8 Å². The lowest BCUT2D eigenvalue weighted by Crippen LogP contribution is -2.11. The van der Waals surface area contributed by atoms with Gasteiger partial charge in [0, 0.05) is 6.07 Å². The zero-order chi connectivity index (χ0) is 20.1. The fraction of sp³-hybridized carbons (Fsp3) is 0.182. The molecule has 0 aliphatic carbocycles. The lowest BCUT2D eigenvalue weighted by atomic mass is 10.0. The molecule has 0 amide bonds. The van der Waals surface area contributed by atoms with Gasteiger partial charge in [-0.05, 0) is 29.7 Å². The first-order valence-corrected chi connectivity index (χ1v) is 8.77.